The van der Waals surface area contributed by atoms with Gasteiger partial charge in [-0.1, -0.05) is 73.5 Å². The van der Waals surface area contributed by atoms with Gasteiger partial charge >= 0.3 is 0 Å². The molecular formula is C38H45N3O6S. The molecule has 254 valence electrons. The summed E-state index contributed by atoms with van der Waals surface area (Å²) in [4.78, 5) is 30.1. The first-order valence-electron chi connectivity index (χ1n) is 16.2. The Morgan fingerprint density at radius 3 is 2.17 bits per heavy atom. The van der Waals surface area contributed by atoms with E-state index in [-0.39, 0.29) is 23.8 Å². The van der Waals surface area contributed by atoms with Crippen LogP contribution < -0.4 is 19.1 Å². The highest BCUT2D eigenvalue weighted by atomic mass is 32.2. The number of amides is 2. The molecule has 10 heteroatoms. The van der Waals surface area contributed by atoms with Gasteiger partial charge in [0.15, 0.2) is 0 Å². The zero-order valence-corrected chi connectivity index (χ0v) is 28.9. The summed E-state index contributed by atoms with van der Waals surface area (Å²) in [6.07, 6.45) is 1.92. The van der Waals surface area contributed by atoms with Gasteiger partial charge in [0.25, 0.3) is 10.0 Å². The van der Waals surface area contributed by atoms with E-state index in [2.05, 4.69) is 5.32 Å². The van der Waals surface area contributed by atoms with E-state index < -0.39 is 28.5 Å². The Labute approximate surface area is 284 Å². The summed E-state index contributed by atoms with van der Waals surface area (Å²) >= 11 is 0. The van der Waals surface area contributed by atoms with Crippen molar-refractivity contribution in [3.63, 3.8) is 0 Å². The van der Waals surface area contributed by atoms with Gasteiger partial charge in [-0.05, 0) is 79.9 Å². The molecule has 1 N–H and O–H groups in total. The van der Waals surface area contributed by atoms with Crippen molar-refractivity contribution < 1.29 is 27.5 Å². The maximum absolute atomic E-state index is 14.6. The fraction of sp³-hybridized carbons (Fsp3) is 0.316. The first kappa shape index (κ1) is 36.0. The third-order valence-corrected chi connectivity index (χ3v) is 9.70. The number of methoxy groups -OCH3 is 1. The van der Waals surface area contributed by atoms with Gasteiger partial charge in [0.05, 0.1) is 24.3 Å². The topological polar surface area (TPSA) is 105 Å². The summed E-state index contributed by atoms with van der Waals surface area (Å²) in [5.74, 6) is 0.336. The van der Waals surface area contributed by atoms with E-state index in [9.17, 15) is 18.0 Å². The minimum Gasteiger partial charge on any atom is -0.497 e. The third kappa shape index (κ3) is 9.60. The van der Waals surface area contributed by atoms with Crippen LogP contribution in [-0.2, 0) is 32.6 Å². The Morgan fingerprint density at radius 1 is 0.833 bits per heavy atom. The van der Waals surface area contributed by atoms with Gasteiger partial charge in [0.1, 0.15) is 24.1 Å². The first-order valence-corrected chi connectivity index (χ1v) is 17.7. The standard InChI is InChI=1S/C38H45N3O6S/c1-5-7-24-39-38(43)36(26-30-12-9-8-10-13-30)40(27-31-14-11-15-34(25-31)46-4)37(42)28-41(32-18-20-33(21-19-32)47-6-2)48(44,45)35-22-16-29(3)17-23-35/h8-23,25,36H,5-7,24,26-28H2,1-4H3,(H,39,43)/t36-/m0/s1. The van der Waals surface area contributed by atoms with E-state index >= 15 is 0 Å². The van der Waals surface area contributed by atoms with Crippen LogP contribution in [0.4, 0.5) is 5.69 Å². The van der Waals surface area contributed by atoms with Crippen LogP contribution in [0.1, 0.15) is 43.4 Å². The van der Waals surface area contributed by atoms with E-state index in [1.54, 1.807) is 49.6 Å². The van der Waals surface area contributed by atoms with Crippen LogP contribution in [0.25, 0.3) is 0 Å². The molecule has 0 aliphatic rings. The quantitative estimate of drug-likeness (QED) is 0.135. The van der Waals surface area contributed by atoms with Gasteiger partial charge in [-0.15, -0.1) is 0 Å². The predicted molar refractivity (Wildman–Crippen MR) is 189 cm³/mol. The van der Waals surface area contributed by atoms with Gasteiger partial charge in [0, 0.05) is 19.5 Å². The number of benzene rings is 4. The first-order chi connectivity index (χ1) is 23.2. The average molecular weight is 672 g/mol. The lowest BCUT2D eigenvalue weighted by atomic mass is 10.0. The molecule has 0 fully saturated rings. The molecule has 1 atom stereocenters. The number of carbonyl (C=O) groups excluding carboxylic acids is 2. The van der Waals surface area contributed by atoms with Crippen LogP contribution in [0.5, 0.6) is 11.5 Å². The molecule has 0 aromatic heterocycles. The Kier molecular flexibility index (Phi) is 13.0. The maximum Gasteiger partial charge on any atom is 0.264 e. The molecule has 0 spiro atoms. The van der Waals surface area contributed by atoms with Crippen molar-refractivity contribution in [3.05, 3.63) is 120 Å². The summed E-state index contributed by atoms with van der Waals surface area (Å²) in [5.41, 5.74) is 2.80. The minimum absolute atomic E-state index is 0.0484. The van der Waals surface area contributed by atoms with Crippen molar-refractivity contribution in [2.45, 2.75) is 57.5 Å². The molecule has 4 aromatic carbocycles. The predicted octanol–water partition coefficient (Wildman–Crippen LogP) is 6.15. The fourth-order valence-electron chi connectivity index (χ4n) is 5.27. The lowest BCUT2D eigenvalue weighted by molar-refractivity contribution is -0.140. The monoisotopic (exact) mass is 671 g/mol. The number of aryl methyl sites for hydroxylation is 1. The highest BCUT2D eigenvalue weighted by Gasteiger charge is 2.34. The van der Waals surface area contributed by atoms with Crippen LogP contribution in [-0.4, -0.2) is 58.0 Å². The Balaban J connectivity index is 1.80. The van der Waals surface area contributed by atoms with Crippen LogP contribution in [0.15, 0.2) is 108 Å². The number of nitrogens with zero attached hydrogens (tertiary/aromatic N) is 2. The lowest BCUT2D eigenvalue weighted by Gasteiger charge is -2.34. The van der Waals surface area contributed by atoms with Gasteiger partial charge < -0.3 is 19.7 Å². The second-order valence-electron chi connectivity index (χ2n) is 11.5. The summed E-state index contributed by atoms with van der Waals surface area (Å²) in [7, 11) is -2.64. The van der Waals surface area contributed by atoms with Gasteiger partial charge in [-0.3, -0.25) is 13.9 Å². The smallest absolute Gasteiger partial charge is 0.264 e. The molecule has 0 radical (unpaired) electrons. The highest BCUT2D eigenvalue weighted by molar-refractivity contribution is 7.92. The average Bonchev–Trinajstić information content (AvgIpc) is 3.10. The third-order valence-electron chi connectivity index (χ3n) is 7.91. The SMILES string of the molecule is CCCCNC(=O)[C@H](Cc1ccccc1)N(Cc1cccc(OC)c1)C(=O)CN(c1ccc(OCC)cc1)S(=O)(=O)c1ccc(C)cc1. The van der Waals surface area contributed by atoms with E-state index in [1.165, 1.54) is 17.0 Å². The van der Waals surface area contributed by atoms with Crippen molar-refractivity contribution in [2.24, 2.45) is 0 Å². The van der Waals surface area contributed by atoms with Crippen molar-refractivity contribution in [1.82, 2.24) is 10.2 Å². The molecule has 4 aromatic rings. The Morgan fingerprint density at radius 2 is 1.52 bits per heavy atom. The zero-order chi connectivity index (χ0) is 34.5. The van der Waals surface area contributed by atoms with Gasteiger partial charge in [0.2, 0.25) is 11.8 Å². The molecule has 0 aliphatic carbocycles. The van der Waals surface area contributed by atoms with Crippen molar-refractivity contribution in [3.8, 4) is 11.5 Å². The Hall–Kier alpha value is -4.83. The summed E-state index contributed by atoms with van der Waals surface area (Å²) in [6, 6.07) is 28.9. The molecule has 0 bridgehead atoms. The van der Waals surface area contributed by atoms with Crippen LogP contribution in [0, 0.1) is 6.92 Å². The molecule has 0 heterocycles. The number of hydrogen-bond donors (Lipinski definition) is 1. The van der Waals surface area contributed by atoms with E-state index in [1.807, 2.05) is 69.3 Å². The molecule has 0 saturated carbocycles. The van der Waals surface area contributed by atoms with Crippen molar-refractivity contribution in [2.75, 3.05) is 31.1 Å². The summed E-state index contributed by atoms with van der Waals surface area (Å²) < 4.78 is 40.6. The molecular weight excluding hydrogens is 627 g/mol. The second-order valence-corrected chi connectivity index (χ2v) is 13.3. The minimum atomic E-state index is -4.21. The normalized spacial score (nSPS) is 11.8. The number of ether oxygens (including phenoxy) is 2. The number of unbranched alkanes of at least 4 members (excludes halogenated alkanes) is 1. The molecule has 9 nitrogen and oxygen atoms in total. The second kappa shape index (κ2) is 17.4. The zero-order valence-electron chi connectivity index (χ0n) is 28.1. The molecule has 0 unspecified atom stereocenters. The molecule has 4 rings (SSSR count). The summed E-state index contributed by atoms with van der Waals surface area (Å²) in [5, 5.41) is 3.01. The van der Waals surface area contributed by atoms with E-state index in [0.29, 0.717) is 30.3 Å². The van der Waals surface area contributed by atoms with Crippen molar-refractivity contribution in [1.29, 1.82) is 0 Å². The number of nitrogens with one attached hydrogen (secondary N) is 1. The number of carbonyl (C=O) groups is 2. The molecule has 0 saturated heterocycles. The number of hydrogen-bond acceptors (Lipinski definition) is 6. The van der Waals surface area contributed by atoms with Crippen LogP contribution in [0.3, 0.4) is 0 Å². The molecule has 48 heavy (non-hydrogen) atoms. The highest BCUT2D eigenvalue weighted by Crippen LogP contribution is 2.27. The number of sulfonamides is 1. The molecule has 0 aliphatic heterocycles. The number of rotatable bonds is 17. The number of anilines is 1. The van der Waals surface area contributed by atoms with Gasteiger partial charge in [-0.25, -0.2) is 8.42 Å². The van der Waals surface area contributed by atoms with E-state index in [0.717, 1.165) is 33.8 Å². The summed E-state index contributed by atoms with van der Waals surface area (Å²) in [6.45, 7) is 6.20. The van der Waals surface area contributed by atoms with Gasteiger partial charge in [-0.2, -0.15) is 0 Å². The molecule has 2 amide bonds. The van der Waals surface area contributed by atoms with Crippen LogP contribution >= 0.6 is 0 Å². The Bertz CT molecular complexity index is 1730. The lowest BCUT2D eigenvalue weighted by Crippen LogP contribution is -2.53. The van der Waals surface area contributed by atoms with Crippen molar-refractivity contribution >= 4 is 27.5 Å². The largest absolute Gasteiger partial charge is 0.497 e. The van der Waals surface area contributed by atoms with E-state index in [4.69, 9.17) is 9.47 Å². The maximum atomic E-state index is 14.6. The van der Waals surface area contributed by atoms with Crippen LogP contribution in [0.2, 0.25) is 0 Å². The fourth-order valence-corrected chi connectivity index (χ4v) is 6.68.